The first-order valence-corrected chi connectivity index (χ1v) is 9.49. The number of hydrogen-bond donors (Lipinski definition) is 0. The van der Waals surface area contributed by atoms with Crippen LogP contribution in [-0.4, -0.2) is 18.4 Å². The van der Waals surface area contributed by atoms with Gasteiger partial charge in [-0.05, 0) is 36.2 Å². The first-order valence-electron chi connectivity index (χ1n) is 7.63. The average molecular weight is 372 g/mol. The molecule has 0 aliphatic heterocycles. The summed E-state index contributed by atoms with van der Waals surface area (Å²) in [6.45, 7) is 2.00. The van der Waals surface area contributed by atoms with Crippen molar-refractivity contribution >= 4 is 32.5 Å². The molecule has 126 valence electrons. The van der Waals surface area contributed by atoms with Crippen LogP contribution in [0.3, 0.4) is 0 Å². The monoisotopic (exact) mass is 371 g/mol. The zero-order chi connectivity index (χ0) is 18.0. The molecule has 25 heavy (non-hydrogen) atoms. The third kappa shape index (κ3) is 3.21. The minimum atomic E-state index is -3.76. The van der Waals surface area contributed by atoms with Gasteiger partial charge < -0.3 is 0 Å². The molecule has 0 aliphatic rings. The molecule has 1 heterocycles. The SMILES string of the molecule is CCc1ccc(S(=O)(=O)c2cccc3nc(CC#N)c(Cl)nc23)cc1. The standard InChI is InChI=1S/C18H14ClN3O2S/c1-2-12-6-8-13(9-7-12)25(23,24)16-5-3-4-14-17(16)22-18(19)15(21-14)10-11-20/h3-9H,2,10H2,1H3. The lowest BCUT2D eigenvalue weighted by atomic mass is 10.2. The van der Waals surface area contributed by atoms with E-state index in [0.29, 0.717) is 11.2 Å². The third-order valence-electron chi connectivity index (χ3n) is 3.86. The maximum absolute atomic E-state index is 13.0. The molecule has 0 aliphatic carbocycles. The van der Waals surface area contributed by atoms with Crippen LogP contribution in [0.25, 0.3) is 11.0 Å². The average Bonchev–Trinajstić information content (AvgIpc) is 2.62. The lowest BCUT2D eigenvalue weighted by Crippen LogP contribution is -2.05. The van der Waals surface area contributed by atoms with Crippen LogP contribution in [0.2, 0.25) is 5.15 Å². The summed E-state index contributed by atoms with van der Waals surface area (Å²) in [7, 11) is -3.76. The summed E-state index contributed by atoms with van der Waals surface area (Å²) >= 11 is 6.07. The minimum Gasteiger partial charge on any atom is -0.247 e. The summed E-state index contributed by atoms with van der Waals surface area (Å²) in [5.74, 6) is 0. The number of nitrogens with zero attached hydrogens (tertiary/aromatic N) is 3. The van der Waals surface area contributed by atoms with E-state index in [1.54, 1.807) is 36.4 Å². The van der Waals surface area contributed by atoms with Crippen LogP contribution in [-0.2, 0) is 22.7 Å². The number of fused-ring (bicyclic) bond motifs is 1. The van der Waals surface area contributed by atoms with Crippen LogP contribution < -0.4 is 0 Å². The number of aromatic nitrogens is 2. The summed E-state index contributed by atoms with van der Waals surface area (Å²) in [5, 5.41) is 8.86. The zero-order valence-corrected chi connectivity index (χ0v) is 15.0. The number of halogens is 1. The van der Waals surface area contributed by atoms with Gasteiger partial charge in [-0.2, -0.15) is 5.26 Å². The quantitative estimate of drug-likeness (QED) is 0.697. The van der Waals surface area contributed by atoms with Gasteiger partial charge in [0.25, 0.3) is 0 Å². The van der Waals surface area contributed by atoms with Gasteiger partial charge in [-0.3, -0.25) is 0 Å². The predicted molar refractivity (Wildman–Crippen MR) is 95.1 cm³/mol. The van der Waals surface area contributed by atoms with E-state index in [9.17, 15) is 8.42 Å². The molecular weight excluding hydrogens is 358 g/mol. The highest BCUT2D eigenvalue weighted by Crippen LogP contribution is 2.28. The zero-order valence-electron chi connectivity index (χ0n) is 13.4. The molecule has 0 unspecified atom stereocenters. The predicted octanol–water partition coefficient (Wildman–Crippen LogP) is 3.74. The molecule has 1 aromatic heterocycles. The van der Waals surface area contributed by atoms with E-state index in [0.717, 1.165) is 12.0 Å². The number of benzene rings is 2. The Bertz CT molecular complexity index is 1090. The van der Waals surface area contributed by atoms with Crippen molar-refractivity contribution in [2.24, 2.45) is 0 Å². The fourth-order valence-corrected chi connectivity index (χ4v) is 4.11. The second kappa shape index (κ2) is 6.79. The summed E-state index contributed by atoms with van der Waals surface area (Å²) < 4.78 is 26.0. The van der Waals surface area contributed by atoms with E-state index in [2.05, 4.69) is 9.97 Å². The number of hydrogen-bond acceptors (Lipinski definition) is 5. The van der Waals surface area contributed by atoms with Crippen molar-refractivity contribution in [1.29, 1.82) is 5.26 Å². The fourth-order valence-electron chi connectivity index (χ4n) is 2.50. The number of nitriles is 1. The fraction of sp³-hybridized carbons (Fsp3) is 0.167. The van der Waals surface area contributed by atoms with Crippen LogP contribution in [0.15, 0.2) is 52.3 Å². The molecule has 2 aromatic carbocycles. The topological polar surface area (TPSA) is 83.7 Å². The summed E-state index contributed by atoms with van der Waals surface area (Å²) in [6.07, 6.45) is 0.842. The van der Waals surface area contributed by atoms with Crippen molar-refractivity contribution in [2.45, 2.75) is 29.6 Å². The maximum Gasteiger partial charge on any atom is 0.208 e. The van der Waals surface area contributed by atoms with Crippen LogP contribution in [0, 0.1) is 11.3 Å². The highest BCUT2D eigenvalue weighted by molar-refractivity contribution is 7.91. The van der Waals surface area contributed by atoms with Crippen molar-refractivity contribution in [3.05, 3.63) is 58.9 Å². The Labute approximate surface area is 150 Å². The van der Waals surface area contributed by atoms with Gasteiger partial charge in [-0.1, -0.05) is 36.7 Å². The van der Waals surface area contributed by atoms with Gasteiger partial charge in [0.15, 0.2) is 5.15 Å². The third-order valence-corrected chi connectivity index (χ3v) is 5.96. The van der Waals surface area contributed by atoms with E-state index in [1.807, 2.05) is 13.0 Å². The lowest BCUT2D eigenvalue weighted by molar-refractivity contribution is 0.596. The Hall–Kier alpha value is -2.49. The van der Waals surface area contributed by atoms with Crippen LogP contribution in [0.5, 0.6) is 0 Å². The minimum absolute atomic E-state index is 0.0111. The molecule has 3 aromatic rings. The highest BCUT2D eigenvalue weighted by Gasteiger charge is 2.22. The first-order chi connectivity index (χ1) is 12.0. The molecular formula is C18H14ClN3O2S. The molecule has 0 radical (unpaired) electrons. The molecule has 0 fully saturated rings. The molecule has 0 atom stereocenters. The molecule has 3 rings (SSSR count). The van der Waals surface area contributed by atoms with Gasteiger partial charge in [-0.25, -0.2) is 18.4 Å². The first kappa shape index (κ1) is 17.3. The van der Waals surface area contributed by atoms with E-state index in [-0.39, 0.29) is 26.9 Å². The largest absolute Gasteiger partial charge is 0.247 e. The van der Waals surface area contributed by atoms with E-state index < -0.39 is 9.84 Å². The van der Waals surface area contributed by atoms with Crippen LogP contribution >= 0.6 is 11.6 Å². The summed E-state index contributed by atoms with van der Waals surface area (Å²) in [5.41, 5.74) is 1.98. The van der Waals surface area contributed by atoms with Gasteiger partial charge in [0.05, 0.1) is 33.5 Å². The summed E-state index contributed by atoms with van der Waals surface area (Å²) in [6, 6.07) is 13.5. The van der Waals surface area contributed by atoms with E-state index >= 15 is 0 Å². The van der Waals surface area contributed by atoms with Gasteiger partial charge >= 0.3 is 0 Å². The van der Waals surface area contributed by atoms with Crippen molar-refractivity contribution in [3.8, 4) is 6.07 Å². The van der Waals surface area contributed by atoms with Crippen molar-refractivity contribution in [2.75, 3.05) is 0 Å². The Kier molecular flexibility index (Phi) is 4.71. The maximum atomic E-state index is 13.0. The number of sulfone groups is 1. The molecule has 0 spiro atoms. The van der Waals surface area contributed by atoms with E-state index in [1.165, 1.54) is 6.07 Å². The smallest absolute Gasteiger partial charge is 0.208 e. The highest BCUT2D eigenvalue weighted by atomic mass is 35.5. The second-order valence-corrected chi connectivity index (χ2v) is 7.70. The Morgan fingerprint density at radius 3 is 2.48 bits per heavy atom. The van der Waals surface area contributed by atoms with Crippen LogP contribution in [0.4, 0.5) is 0 Å². The molecule has 0 saturated carbocycles. The molecule has 0 saturated heterocycles. The molecule has 0 amide bonds. The molecule has 5 nitrogen and oxygen atoms in total. The van der Waals surface area contributed by atoms with Crippen LogP contribution in [0.1, 0.15) is 18.2 Å². The Morgan fingerprint density at radius 2 is 1.84 bits per heavy atom. The normalized spacial score (nSPS) is 11.4. The van der Waals surface area contributed by atoms with Gasteiger partial charge in [0.1, 0.15) is 5.52 Å². The molecule has 7 heteroatoms. The van der Waals surface area contributed by atoms with Crippen molar-refractivity contribution < 1.29 is 8.42 Å². The number of rotatable bonds is 4. The number of aryl methyl sites for hydroxylation is 1. The second-order valence-electron chi connectivity index (χ2n) is 5.42. The molecule has 0 bridgehead atoms. The van der Waals surface area contributed by atoms with Gasteiger partial charge in [0.2, 0.25) is 9.84 Å². The Morgan fingerprint density at radius 1 is 1.12 bits per heavy atom. The number of para-hydroxylation sites is 1. The van der Waals surface area contributed by atoms with E-state index in [4.69, 9.17) is 16.9 Å². The molecule has 0 N–H and O–H groups in total. The lowest BCUT2D eigenvalue weighted by Gasteiger charge is -2.09. The van der Waals surface area contributed by atoms with Crippen molar-refractivity contribution in [3.63, 3.8) is 0 Å². The van der Waals surface area contributed by atoms with Gasteiger partial charge in [0, 0.05) is 0 Å². The van der Waals surface area contributed by atoms with Gasteiger partial charge in [-0.15, -0.1) is 0 Å². The Balaban J connectivity index is 2.20. The van der Waals surface area contributed by atoms with Crippen molar-refractivity contribution in [1.82, 2.24) is 9.97 Å². The summed E-state index contributed by atoms with van der Waals surface area (Å²) in [4.78, 5) is 8.71.